The van der Waals surface area contributed by atoms with Crippen LogP contribution in [0.25, 0.3) is 159 Å². The molecule has 0 radical (unpaired) electrons. The first kappa shape index (κ1) is 45.0. The summed E-state index contributed by atoms with van der Waals surface area (Å²) in [5.41, 5.74) is 16.6. The molecule has 0 bridgehead atoms. The van der Waals surface area contributed by atoms with Crippen molar-refractivity contribution >= 4 is 86.0 Å². The number of fused-ring (bicyclic) bond motifs is 10. The van der Waals surface area contributed by atoms with Crippen molar-refractivity contribution in [2.75, 3.05) is 0 Å². The van der Waals surface area contributed by atoms with Crippen LogP contribution in [0, 0.1) is 0 Å². The Kier molecular flexibility index (Phi) is 10.4. The highest BCUT2D eigenvalue weighted by molar-refractivity contribution is 7.25. The van der Waals surface area contributed by atoms with Gasteiger partial charge in [0.1, 0.15) is 11.2 Å². The van der Waals surface area contributed by atoms with Crippen LogP contribution < -0.4 is 0 Å². The normalized spacial score (nSPS) is 11.8. The van der Waals surface area contributed by atoms with E-state index in [9.17, 15) is 0 Å². The van der Waals surface area contributed by atoms with Crippen molar-refractivity contribution in [3.05, 3.63) is 267 Å². The third-order valence-corrected chi connectivity index (χ3v) is 16.8. The number of benzene rings is 12. The van der Waals surface area contributed by atoms with E-state index in [1.54, 1.807) is 11.3 Å². The Morgan fingerprint density at radius 3 is 1.47 bits per heavy atom. The van der Waals surface area contributed by atoms with Gasteiger partial charge in [-0.15, -0.1) is 11.3 Å². The zero-order chi connectivity index (χ0) is 52.0. The van der Waals surface area contributed by atoms with E-state index in [4.69, 9.17) is 19.4 Å². The predicted molar refractivity (Wildman–Crippen MR) is 330 cm³/mol. The summed E-state index contributed by atoms with van der Waals surface area (Å²) >= 11 is 1.79. The first-order chi connectivity index (χ1) is 39.1. The van der Waals surface area contributed by atoms with Gasteiger partial charge in [0, 0.05) is 70.0 Å². The van der Waals surface area contributed by atoms with E-state index in [1.807, 2.05) is 6.07 Å². The molecule has 0 aliphatic carbocycles. The average Bonchev–Trinajstić information content (AvgIpc) is 4.42. The molecule has 0 saturated heterocycles. The topological polar surface area (TPSA) is 56.7 Å². The van der Waals surface area contributed by atoms with Crippen molar-refractivity contribution in [3.63, 3.8) is 0 Å². The summed E-state index contributed by atoms with van der Waals surface area (Å²) in [5, 5.41) is 9.02. The van der Waals surface area contributed by atoms with Crippen molar-refractivity contribution < 1.29 is 4.42 Å². The Hall–Kier alpha value is -10.3. The van der Waals surface area contributed by atoms with Crippen LogP contribution in [0.2, 0.25) is 0 Å². The fourth-order valence-electron chi connectivity index (χ4n) is 11.9. The van der Waals surface area contributed by atoms with Crippen molar-refractivity contribution in [1.29, 1.82) is 0 Å². The summed E-state index contributed by atoms with van der Waals surface area (Å²) in [6.45, 7) is 0. The molecule has 0 fully saturated rings. The monoisotopic (exact) mass is 1020 g/mol. The minimum atomic E-state index is 0.569. The largest absolute Gasteiger partial charge is 0.456 e. The smallest absolute Gasteiger partial charge is 0.164 e. The van der Waals surface area contributed by atoms with Gasteiger partial charge in [0.2, 0.25) is 0 Å². The molecule has 79 heavy (non-hydrogen) atoms. The number of para-hydroxylation sites is 1. The molecule has 0 atom stereocenters. The zero-order valence-corrected chi connectivity index (χ0v) is 43.3. The van der Waals surface area contributed by atoms with Gasteiger partial charge in [-0.05, 0) is 92.2 Å². The standard InChI is InChI=1S/C73H44N4OS/c1-3-15-45(16-4-1)47-29-31-49(32-30-47)50-33-37-51(38-34-50)59-43-61-66(44-64(59)77-62-25-11-9-21-55(62)60-41-53-19-7-8-20-54(53)42-63(60)77)78-65-26-13-23-57(69(61)65)72-74-71(52-39-35-48(36-40-52)46-17-5-2-6-18-46)75-73(76-72)58-24-14-28-68-70(58)56-22-10-12-27-67(56)79-68/h1-44H. The summed E-state index contributed by atoms with van der Waals surface area (Å²) in [6, 6.07) is 95.3. The maximum absolute atomic E-state index is 7.05. The minimum absolute atomic E-state index is 0.569. The Labute approximate surface area is 458 Å². The van der Waals surface area contributed by atoms with E-state index in [0.717, 1.165) is 94.1 Å². The third kappa shape index (κ3) is 7.56. The average molecular weight is 1030 g/mol. The van der Waals surface area contributed by atoms with E-state index < -0.39 is 0 Å². The minimum Gasteiger partial charge on any atom is -0.456 e. The lowest BCUT2D eigenvalue weighted by Gasteiger charge is -2.16. The second-order valence-corrected chi connectivity index (χ2v) is 21.3. The number of rotatable bonds is 8. The summed E-state index contributed by atoms with van der Waals surface area (Å²) < 4.78 is 11.9. The second kappa shape index (κ2) is 18.2. The molecule has 5 nitrogen and oxygen atoms in total. The molecule has 0 amide bonds. The van der Waals surface area contributed by atoms with Crippen LogP contribution in [-0.4, -0.2) is 19.5 Å². The molecule has 6 heteroatoms. The van der Waals surface area contributed by atoms with Gasteiger partial charge in [0.25, 0.3) is 0 Å². The van der Waals surface area contributed by atoms with Gasteiger partial charge in [-0.1, -0.05) is 218 Å². The van der Waals surface area contributed by atoms with E-state index in [-0.39, 0.29) is 0 Å². The van der Waals surface area contributed by atoms with E-state index in [0.29, 0.717) is 17.5 Å². The van der Waals surface area contributed by atoms with Crippen LogP contribution in [0.4, 0.5) is 0 Å². The maximum Gasteiger partial charge on any atom is 0.164 e. The molecule has 368 valence electrons. The van der Waals surface area contributed by atoms with Crippen molar-refractivity contribution in [1.82, 2.24) is 19.5 Å². The number of thiophene rings is 1. The Bertz CT molecular complexity index is 5040. The molecule has 16 aromatic rings. The second-order valence-electron chi connectivity index (χ2n) is 20.3. The van der Waals surface area contributed by atoms with Gasteiger partial charge in [-0.25, -0.2) is 15.0 Å². The molecule has 0 unspecified atom stereocenters. The molecule has 16 rings (SSSR count). The highest BCUT2D eigenvalue weighted by Gasteiger charge is 2.24. The molecular formula is C73H44N4OS. The van der Waals surface area contributed by atoms with Gasteiger partial charge in [0.15, 0.2) is 17.5 Å². The zero-order valence-electron chi connectivity index (χ0n) is 42.5. The van der Waals surface area contributed by atoms with E-state index in [2.05, 4.69) is 265 Å². The van der Waals surface area contributed by atoms with Crippen LogP contribution in [0.3, 0.4) is 0 Å². The highest BCUT2D eigenvalue weighted by atomic mass is 32.1. The summed E-state index contributed by atoms with van der Waals surface area (Å²) in [5.74, 6) is 1.78. The number of hydrogen-bond donors (Lipinski definition) is 0. The Morgan fingerprint density at radius 2 is 0.797 bits per heavy atom. The first-order valence-corrected chi connectivity index (χ1v) is 27.5. The molecule has 4 heterocycles. The third-order valence-electron chi connectivity index (χ3n) is 15.7. The molecule has 0 spiro atoms. The fraction of sp³-hybridized carbons (Fsp3) is 0. The molecule has 4 aromatic heterocycles. The number of aromatic nitrogens is 4. The van der Waals surface area contributed by atoms with E-state index in [1.165, 1.54) is 47.5 Å². The van der Waals surface area contributed by atoms with Crippen LogP contribution >= 0.6 is 11.3 Å². The number of hydrogen-bond acceptors (Lipinski definition) is 5. The SMILES string of the molecule is c1ccc(-c2ccc(-c3ccc(-c4cc5c(cc4-n4c6ccccc6c6cc7ccccc7cc64)oc4cccc(-c6nc(-c7ccc(-c8ccccc8)cc7)nc(-c7cccc8sc9ccccc9c78)n6)c45)cc3)cc2)cc1. The molecule has 0 saturated carbocycles. The molecule has 0 aliphatic rings. The number of furan rings is 1. The lowest BCUT2D eigenvalue weighted by Crippen LogP contribution is -2.01. The first-order valence-electron chi connectivity index (χ1n) is 26.6. The van der Waals surface area contributed by atoms with Crippen LogP contribution in [0.1, 0.15) is 0 Å². The van der Waals surface area contributed by atoms with E-state index >= 15 is 0 Å². The number of nitrogens with zero attached hydrogens (tertiary/aromatic N) is 4. The van der Waals surface area contributed by atoms with Crippen LogP contribution in [-0.2, 0) is 0 Å². The summed E-state index contributed by atoms with van der Waals surface area (Å²) in [6.07, 6.45) is 0. The highest BCUT2D eigenvalue weighted by Crippen LogP contribution is 2.45. The Morgan fingerprint density at radius 1 is 0.291 bits per heavy atom. The summed E-state index contributed by atoms with van der Waals surface area (Å²) in [4.78, 5) is 16.2. The maximum atomic E-state index is 7.05. The fourth-order valence-corrected chi connectivity index (χ4v) is 13.0. The lowest BCUT2D eigenvalue weighted by molar-refractivity contribution is 0.668. The van der Waals surface area contributed by atoms with Crippen LogP contribution in [0.5, 0.6) is 0 Å². The van der Waals surface area contributed by atoms with Gasteiger partial charge < -0.3 is 8.98 Å². The lowest BCUT2D eigenvalue weighted by atomic mass is 9.95. The Balaban J connectivity index is 0.919. The molecule has 0 N–H and O–H groups in total. The predicted octanol–water partition coefficient (Wildman–Crippen LogP) is 20.1. The van der Waals surface area contributed by atoms with Crippen molar-refractivity contribution in [3.8, 4) is 84.4 Å². The van der Waals surface area contributed by atoms with Gasteiger partial charge >= 0.3 is 0 Å². The van der Waals surface area contributed by atoms with Gasteiger partial charge in [0.05, 0.1) is 16.7 Å². The van der Waals surface area contributed by atoms with Gasteiger partial charge in [-0.2, -0.15) is 0 Å². The molecule has 12 aromatic carbocycles. The van der Waals surface area contributed by atoms with Gasteiger partial charge in [-0.3, -0.25) is 0 Å². The quantitative estimate of drug-likeness (QED) is 0.152. The van der Waals surface area contributed by atoms with Crippen molar-refractivity contribution in [2.45, 2.75) is 0 Å². The van der Waals surface area contributed by atoms with Crippen LogP contribution in [0.15, 0.2) is 271 Å². The summed E-state index contributed by atoms with van der Waals surface area (Å²) in [7, 11) is 0. The molecule has 0 aliphatic heterocycles. The molecular weight excluding hydrogens is 981 g/mol. The van der Waals surface area contributed by atoms with Crippen molar-refractivity contribution in [2.24, 2.45) is 0 Å².